The van der Waals surface area contributed by atoms with Crippen molar-refractivity contribution in [3.8, 4) is 11.5 Å². The standard InChI is InChI=1S/C21H30N4O3/c1-17(2)21-22-7-8-25(21)14-11-23-9-12-24(13-10-23)20(26)16-28-19-6-4-5-18(15-19)27-3/h4-8,15,17H,9-14,16H2,1-3H3. The predicted octanol–water partition coefficient (Wildman–Crippen LogP) is 2.24. The molecule has 0 radical (unpaired) electrons. The predicted molar refractivity (Wildman–Crippen MR) is 108 cm³/mol. The maximum absolute atomic E-state index is 12.4. The zero-order valence-electron chi connectivity index (χ0n) is 17.0. The molecule has 2 heterocycles. The highest BCUT2D eigenvalue weighted by Gasteiger charge is 2.21. The van der Waals surface area contributed by atoms with Crippen LogP contribution in [0.5, 0.6) is 11.5 Å². The van der Waals surface area contributed by atoms with Crippen LogP contribution in [0.3, 0.4) is 0 Å². The molecular weight excluding hydrogens is 356 g/mol. The van der Waals surface area contributed by atoms with Crippen molar-refractivity contribution in [2.45, 2.75) is 26.3 Å². The lowest BCUT2D eigenvalue weighted by molar-refractivity contribution is -0.135. The summed E-state index contributed by atoms with van der Waals surface area (Å²) in [5.41, 5.74) is 0. The maximum Gasteiger partial charge on any atom is 0.260 e. The van der Waals surface area contributed by atoms with Gasteiger partial charge in [0.2, 0.25) is 0 Å². The molecule has 1 fully saturated rings. The van der Waals surface area contributed by atoms with E-state index in [-0.39, 0.29) is 12.5 Å². The second-order valence-corrected chi connectivity index (χ2v) is 7.32. The van der Waals surface area contributed by atoms with Gasteiger partial charge >= 0.3 is 0 Å². The molecule has 0 N–H and O–H groups in total. The number of imidazole rings is 1. The van der Waals surface area contributed by atoms with Gasteiger partial charge < -0.3 is 18.9 Å². The molecule has 2 aromatic rings. The number of carbonyl (C=O) groups excluding carboxylic acids is 1. The first-order chi connectivity index (χ1) is 13.6. The van der Waals surface area contributed by atoms with E-state index in [0.717, 1.165) is 50.8 Å². The van der Waals surface area contributed by atoms with Crippen LogP contribution < -0.4 is 9.47 Å². The Hall–Kier alpha value is -2.54. The van der Waals surface area contributed by atoms with Crippen LogP contribution in [0.2, 0.25) is 0 Å². The Labute approximate surface area is 166 Å². The minimum Gasteiger partial charge on any atom is -0.497 e. The van der Waals surface area contributed by atoms with Gasteiger partial charge in [-0.3, -0.25) is 9.69 Å². The summed E-state index contributed by atoms with van der Waals surface area (Å²) in [7, 11) is 1.61. The lowest BCUT2D eigenvalue weighted by atomic mass is 10.2. The molecular formula is C21H30N4O3. The minimum atomic E-state index is 0.0270. The van der Waals surface area contributed by atoms with Crippen molar-refractivity contribution in [1.82, 2.24) is 19.4 Å². The number of hydrogen-bond donors (Lipinski definition) is 0. The Morgan fingerprint density at radius 1 is 1.14 bits per heavy atom. The first-order valence-corrected chi connectivity index (χ1v) is 9.85. The van der Waals surface area contributed by atoms with Gasteiger partial charge in [0, 0.05) is 63.6 Å². The number of hydrogen-bond acceptors (Lipinski definition) is 5. The van der Waals surface area contributed by atoms with Gasteiger partial charge in [-0.2, -0.15) is 0 Å². The van der Waals surface area contributed by atoms with Gasteiger partial charge in [0.05, 0.1) is 7.11 Å². The van der Waals surface area contributed by atoms with E-state index >= 15 is 0 Å². The Morgan fingerprint density at radius 3 is 2.61 bits per heavy atom. The molecule has 7 nitrogen and oxygen atoms in total. The zero-order valence-corrected chi connectivity index (χ0v) is 17.0. The molecule has 1 aromatic carbocycles. The van der Waals surface area contributed by atoms with Crippen LogP contribution in [-0.2, 0) is 11.3 Å². The quantitative estimate of drug-likeness (QED) is 0.696. The van der Waals surface area contributed by atoms with E-state index < -0.39 is 0 Å². The third-order valence-corrected chi connectivity index (χ3v) is 5.05. The summed E-state index contributed by atoms with van der Waals surface area (Å²) in [5.74, 6) is 2.95. The van der Waals surface area contributed by atoms with Crippen molar-refractivity contribution in [2.75, 3.05) is 46.4 Å². The highest BCUT2D eigenvalue weighted by Crippen LogP contribution is 2.19. The monoisotopic (exact) mass is 386 g/mol. The summed E-state index contributed by atoms with van der Waals surface area (Å²) in [4.78, 5) is 21.2. The first-order valence-electron chi connectivity index (χ1n) is 9.85. The van der Waals surface area contributed by atoms with Crippen molar-refractivity contribution >= 4 is 5.91 Å². The SMILES string of the molecule is COc1cccc(OCC(=O)N2CCN(CCn3ccnc3C(C)C)CC2)c1. The lowest BCUT2D eigenvalue weighted by Crippen LogP contribution is -2.50. The number of ether oxygens (including phenoxy) is 2. The van der Waals surface area contributed by atoms with E-state index in [0.29, 0.717) is 11.7 Å². The molecule has 3 rings (SSSR count). The van der Waals surface area contributed by atoms with Crippen LogP contribution in [0, 0.1) is 0 Å². The fraction of sp³-hybridized carbons (Fsp3) is 0.524. The van der Waals surface area contributed by atoms with Crippen LogP contribution in [-0.4, -0.2) is 71.7 Å². The number of aromatic nitrogens is 2. The van der Waals surface area contributed by atoms with Gasteiger partial charge in [0.1, 0.15) is 17.3 Å². The average molecular weight is 386 g/mol. The maximum atomic E-state index is 12.4. The smallest absolute Gasteiger partial charge is 0.260 e. The fourth-order valence-corrected chi connectivity index (χ4v) is 3.41. The second kappa shape index (κ2) is 9.59. The molecule has 1 aliphatic heterocycles. The van der Waals surface area contributed by atoms with Gasteiger partial charge in [-0.15, -0.1) is 0 Å². The third-order valence-electron chi connectivity index (χ3n) is 5.05. The molecule has 0 bridgehead atoms. The molecule has 1 aliphatic rings. The normalized spacial score (nSPS) is 15.1. The first kappa shape index (κ1) is 20.2. The Balaban J connectivity index is 1.40. The van der Waals surface area contributed by atoms with E-state index in [4.69, 9.17) is 9.47 Å². The number of carbonyl (C=O) groups is 1. The van der Waals surface area contributed by atoms with Gasteiger partial charge in [-0.25, -0.2) is 4.98 Å². The van der Waals surface area contributed by atoms with Crippen LogP contribution in [0.1, 0.15) is 25.6 Å². The molecule has 1 saturated heterocycles. The number of amides is 1. The highest BCUT2D eigenvalue weighted by atomic mass is 16.5. The Morgan fingerprint density at radius 2 is 1.89 bits per heavy atom. The van der Waals surface area contributed by atoms with Crippen molar-refractivity contribution in [3.63, 3.8) is 0 Å². The molecule has 0 saturated carbocycles. The minimum absolute atomic E-state index is 0.0270. The summed E-state index contributed by atoms with van der Waals surface area (Å²) >= 11 is 0. The summed E-state index contributed by atoms with van der Waals surface area (Å²) in [6.45, 7) is 9.53. The number of nitrogens with zero attached hydrogens (tertiary/aromatic N) is 4. The highest BCUT2D eigenvalue weighted by molar-refractivity contribution is 5.77. The molecule has 7 heteroatoms. The lowest BCUT2D eigenvalue weighted by Gasteiger charge is -2.34. The van der Waals surface area contributed by atoms with E-state index in [9.17, 15) is 4.79 Å². The zero-order chi connectivity index (χ0) is 19.9. The van der Waals surface area contributed by atoms with E-state index in [2.05, 4.69) is 28.3 Å². The Kier molecular flexibility index (Phi) is 6.92. The molecule has 0 unspecified atom stereocenters. The third kappa shape index (κ3) is 5.25. The molecule has 0 aliphatic carbocycles. The van der Waals surface area contributed by atoms with Crippen LogP contribution >= 0.6 is 0 Å². The van der Waals surface area contributed by atoms with E-state index in [1.807, 2.05) is 35.5 Å². The molecule has 1 aromatic heterocycles. The van der Waals surface area contributed by atoms with E-state index in [1.54, 1.807) is 13.2 Å². The number of rotatable bonds is 8. The molecule has 1 amide bonds. The van der Waals surface area contributed by atoms with Gasteiger partial charge in [-0.1, -0.05) is 19.9 Å². The van der Waals surface area contributed by atoms with E-state index in [1.165, 1.54) is 0 Å². The molecule has 28 heavy (non-hydrogen) atoms. The average Bonchev–Trinajstić information content (AvgIpc) is 3.20. The van der Waals surface area contributed by atoms with Crippen LogP contribution in [0.4, 0.5) is 0 Å². The number of benzene rings is 1. The summed E-state index contributed by atoms with van der Waals surface area (Å²) in [6, 6.07) is 7.31. The van der Waals surface area contributed by atoms with Gasteiger partial charge in [0.25, 0.3) is 5.91 Å². The topological polar surface area (TPSA) is 59.8 Å². The number of methoxy groups -OCH3 is 1. The van der Waals surface area contributed by atoms with Crippen LogP contribution in [0.15, 0.2) is 36.7 Å². The van der Waals surface area contributed by atoms with Gasteiger partial charge in [0.15, 0.2) is 6.61 Å². The molecule has 0 atom stereocenters. The molecule has 0 spiro atoms. The summed E-state index contributed by atoms with van der Waals surface area (Å²) in [5, 5.41) is 0. The fourth-order valence-electron chi connectivity index (χ4n) is 3.41. The van der Waals surface area contributed by atoms with Crippen molar-refractivity contribution in [2.24, 2.45) is 0 Å². The summed E-state index contributed by atoms with van der Waals surface area (Å²) < 4.78 is 13.0. The number of piperazine rings is 1. The van der Waals surface area contributed by atoms with Gasteiger partial charge in [-0.05, 0) is 12.1 Å². The van der Waals surface area contributed by atoms with Crippen molar-refractivity contribution in [3.05, 3.63) is 42.5 Å². The Bertz CT molecular complexity index is 767. The van der Waals surface area contributed by atoms with Crippen molar-refractivity contribution in [1.29, 1.82) is 0 Å². The largest absolute Gasteiger partial charge is 0.497 e. The van der Waals surface area contributed by atoms with Crippen molar-refractivity contribution < 1.29 is 14.3 Å². The summed E-state index contributed by atoms with van der Waals surface area (Å²) in [6.07, 6.45) is 3.92. The molecule has 152 valence electrons. The van der Waals surface area contributed by atoms with Crippen LogP contribution in [0.25, 0.3) is 0 Å². The second-order valence-electron chi connectivity index (χ2n) is 7.32.